The fraction of sp³-hybridized carbons (Fsp3) is 1.00. The molecule has 4 heteroatoms. The van der Waals surface area contributed by atoms with Gasteiger partial charge in [0.05, 0.1) is 0 Å². The van der Waals surface area contributed by atoms with Crippen LogP contribution in [0.3, 0.4) is 0 Å². The Morgan fingerprint density at radius 1 is 1.38 bits per heavy atom. The molecule has 1 saturated heterocycles. The predicted octanol–water partition coefficient (Wildman–Crippen LogP) is 2.15. The lowest BCUT2D eigenvalue weighted by molar-refractivity contribution is 0.0111. The first kappa shape index (κ1) is 14.4. The quantitative estimate of drug-likeness (QED) is 0.530. The molecular weight excluding hydrogens is 270 g/mol. The summed E-state index contributed by atoms with van der Waals surface area (Å²) in [5.41, 5.74) is 0.417. The molecule has 0 saturated carbocycles. The third kappa shape index (κ3) is 4.70. The molecule has 0 bridgehead atoms. The van der Waals surface area contributed by atoms with E-state index in [1.54, 1.807) is 7.11 Å². The van der Waals surface area contributed by atoms with E-state index in [0.717, 1.165) is 44.7 Å². The van der Waals surface area contributed by atoms with E-state index in [0.29, 0.717) is 5.41 Å². The van der Waals surface area contributed by atoms with Crippen LogP contribution in [0.1, 0.15) is 19.3 Å². The molecule has 0 unspecified atom stereocenters. The summed E-state index contributed by atoms with van der Waals surface area (Å²) >= 11 is 3.67. The number of hydrogen-bond acceptors (Lipinski definition) is 3. The van der Waals surface area contributed by atoms with Gasteiger partial charge in [0.25, 0.3) is 0 Å². The van der Waals surface area contributed by atoms with Crippen molar-refractivity contribution in [3.8, 4) is 0 Å². The lowest BCUT2D eigenvalue weighted by atomic mass is 9.82. The second-order valence-corrected chi connectivity index (χ2v) is 5.39. The maximum Gasteiger partial charge on any atom is 0.0474 e. The Morgan fingerprint density at radius 3 is 2.62 bits per heavy atom. The molecule has 0 aliphatic carbocycles. The molecule has 3 nitrogen and oxygen atoms in total. The van der Waals surface area contributed by atoms with Crippen molar-refractivity contribution in [2.75, 3.05) is 52.4 Å². The molecule has 0 N–H and O–H groups in total. The molecule has 0 radical (unpaired) electrons. The van der Waals surface area contributed by atoms with E-state index in [1.807, 2.05) is 0 Å². The number of rotatable bonds is 7. The molecular formula is C12H24BrNO2. The summed E-state index contributed by atoms with van der Waals surface area (Å²) in [6.07, 6.45) is 3.46. The Balaban J connectivity index is 2.30. The van der Waals surface area contributed by atoms with E-state index < -0.39 is 0 Å². The molecule has 16 heavy (non-hydrogen) atoms. The number of alkyl halides is 1. The highest BCUT2D eigenvalue weighted by Crippen LogP contribution is 2.33. The summed E-state index contributed by atoms with van der Waals surface area (Å²) in [4.78, 5) is 2.42. The molecule has 0 amide bonds. The number of ether oxygens (including phenoxy) is 2. The van der Waals surface area contributed by atoms with Gasteiger partial charge in [-0.2, -0.15) is 0 Å². The van der Waals surface area contributed by atoms with E-state index >= 15 is 0 Å². The summed E-state index contributed by atoms with van der Waals surface area (Å²) in [6.45, 7) is 4.96. The SMILES string of the molecule is COCCCN(C)CC1(CBr)CCOCC1. The molecule has 0 aromatic rings. The Bertz CT molecular complexity index is 184. The third-order valence-electron chi connectivity index (χ3n) is 3.33. The van der Waals surface area contributed by atoms with Crippen molar-refractivity contribution in [2.45, 2.75) is 19.3 Å². The Morgan fingerprint density at radius 2 is 2.06 bits per heavy atom. The van der Waals surface area contributed by atoms with Gasteiger partial charge >= 0.3 is 0 Å². The monoisotopic (exact) mass is 293 g/mol. The minimum absolute atomic E-state index is 0.417. The van der Waals surface area contributed by atoms with Crippen LogP contribution in [-0.4, -0.2) is 57.3 Å². The lowest BCUT2D eigenvalue weighted by Crippen LogP contribution is -2.41. The van der Waals surface area contributed by atoms with Gasteiger partial charge in [-0.25, -0.2) is 0 Å². The van der Waals surface area contributed by atoms with E-state index in [2.05, 4.69) is 27.9 Å². The van der Waals surface area contributed by atoms with Crippen molar-refractivity contribution in [3.05, 3.63) is 0 Å². The third-order valence-corrected chi connectivity index (χ3v) is 4.52. The van der Waals surface area contributed by atoms with Gasteiger partial charge in [-0.05, 0) is 31.7 Å². The second-order valence-electron chi connectivity index (χ2n) is 4.83. The molecule has 1 fully saturated rings. The summed E-state index contributed by atoms with van der Waals surface area (Å²) < 4.78 is 10.5. The van der Waals surface area contributed by atoms with Gasteiger partial charge in [0.15, 0.2) is 0 Å². The zero-order valence-electron chi connectivity index (χ0n) is 10.5. The molecule has 0 aromatic heterocycles. The normalized spacial score (nSPS) is 20.2. The average molecular weight is 294 g/mol. The van der Waals surface area contributed by atoms with Crippen LogP contribution >= 0.6 is 15.9 Å². The second kappa shape index (κ2) is 7.64. The standard InChI is InChI=1S/C12H24BrNO2/c1-14(6-3-7-15-2)11-12(10-13)4-8-16-9-5-12/h3-11H2,1-2H3. The van der Waals surface area contributed by atoms with Crippen LogP contribution in [0.25, 0.3) is 0 Å². The molecule has 0 spiro atoms. The fourth-order valence-corrected chi connectivity index (χ4v) is 3.01. The highest BCUT2D eigenvalue weighted by molar-refractivity contribution is 9.09. The molecule has 1 aliphatic heterocycles. The van der Waals surface area contributed by atoms with Gasteiger partial charge in [-0.1, -0.05) is 15.9 Å². The van der Waals surface area contributed by atoms with Crippen molar-refractivity contribution in [3.63, 3.8) is 0 Å². The van der Waals surface area contributed by atoms with Crippen LogP contribution in [0.4, 0.5) is 0 Å². The minimum atomic E-state index is 0.417. The van der Waals surface area contributed by atoms with Gasteiger partial charge in [0, 0.05) is 45.4 Å². The van der Waals surface area contributed by atoms with Crippen LogP contribution in [0.15, 0.2) is 0 Å². The van der Waals surface area contributed by atoms with Crippen LogP contribution in [0.5, 0.6) is 0 Å². The first-order valence-electron chi connectivity index (χ1n) is 6.04. The van der Waals surface area contributed by atoms with Crippen LogP contribution < -0.4 is 0 Å². The molecule has 1 heterocycles. The largest absolute Gasteiger partial charge is 0.385 e. The van der Waals surface area contributed by atoms with Crippen molar-refractivity contribution in [1.29, 1.82) is 0 Å². The topological polar surface area (TPSA) is 21.7 Å². The summed E-state index contributed by atoms with van der Waals surface area (Å²) in [5.74, 6) is 0. The summed E-state index contributed by atoms with van der Waals surface area (Å²) in [7, 11) is 3.97. The maximum absolute atomic E-state index is 5.45. The van der Waals surface area contributed by atoms with Crippen molar-refractivity contribution in [2.24, 2.45) is 5.41 Å². The zero-order chi connectivity index (χ0) is 11.9. The van der Waals surface area contributed by atoms with E-state index in [4.69, 9.17) is 9.47 Å². The predicted molar refractivity (Wildman–Crippen MR) is 70.3 cm³/mol. The lowest BCUT2D eigenvalue weighted by Gasteiger charge is -2.38. The highest BCUT2D eigenvalue weighted by Gasteiger charge is 2.32. The minimum Gasteiger partial charge on any atom is -0.385 e. The molecule has 1 rings (SSSR count). The number of methoxy groups -OCH3 is 1. The molecule has 0 aromatic carbocycles. The molecule has 96 valence electrons. The van der Waals surface area contributed by atoms with Crippen molar-refractivity contribution in [1.82, 2.24) is 4.90 Å². The molecule has 0 atom stereocenters. The van der Waals surface area contributed by atoms with Crippen LogP contribution in [0, 0.1) is 5.41 Å². The fourth-order valence-electron chi connectivity index (χ4n) is 2.27. The Kier molecular flexibility index (Phi) is 6.89. The van der Waals surface area contributed by atoms with Gasteiger partial charge in [-0.3, -0.25) is 0 Å². The van der Waals surface area contributed by atoms with Crippen LogP contribution in [-0.2, 0) is 9.47 Å². The number of hydrogen-bond donors (Lipinski definition) is 0. The van der Waals surface area contributed by atoms with Gasteiger partial charge < -0.3 is 14.4 Å². The zero-order valence-corrected chi connectivity index (χ0v) is 12.1. The van der Waals surface area contributed by atoms with Crippen molar-refractivity contribution >= 4 is 15.9 Å². The summed E-state index contributed by atoms with van der Waals surface area (Å²) in [6, 6.07) is 0. The van der Waals surface area contributed by atoms with Gasteiger partial charge in [-0.15, -0.1) is 0 Å². The molecule has 1 aliphatic rings. The smallest absolute Gasteiger partial charge is 0.0474 e. The van der Waals surface area contributed by atoms with Crippen LogP contribution in [0.2, 0.25) is 0 Å². The van der Waals surface area contributed by atoms with E-state index in [9.17, 15) is 0 Å². The van der Waals surface area contributed by atoms with E-state index in [1.165, 1.54) is 12.8 Å². The van der Waals surface area contributed by atoms with Crippen molar-refractivity contribution < 1.29 is 9.47 Å². The summed E-state index contributed by atoms with van der Waals surface area (Å²) in [5, 5.41) is 1.08. The van der Waals surface area contributed by atoms with Gasteiger partial charge in [0.1, 0.15) is 0 Å². The highest BCUT2D eigenvalue weighted by atomic mass is 79.9. The first-order chi connectivity index (χ1) is 7.72. The average Bonchev–Trinajstić information content (AvgIpc) is 2.30. The first-order valence-corrected chi connectivity index (χ1v) is 7.16. The van der Waals surface area contributed by atoms with Gasteiger partial charge in [0.2, 0.25) is 0 Å². The number of nitrogens with zero attached hydrogens (tertiary/aromatic N) is 1. The van der Waals surface area contributed by atoms with E-state index in [-0.39, 0.29) is 0 Å². The maximum atomic E-state index is 5.45. The Labute approximate surface area is 108 Å². The number of halogens is 1. The Hall–Kier alpha value is 0.360.